The summed E-state index contributed by atoms with van der Waals surface area (Å²) in [7, 11) is 0. The van der Waals surface area contributed by atoms with Crippen molar-refractivity contribution in [3.8, 4) is 0 Å². The average molecular weight is 341 g/mol. The van der Waals surface area contributed by atoms with Crippen LogP contribution in [-0.4, -0.2) is 27.9 Å². The number of hydrogen-bond donors (Lipinski definition) is 0. The van der Waals surface area contributed by atoms with E-state index in [-0.39, 0.29) is 11.7 Å². The smallest absolute Gasteiger partial charge is 0.239 e. The fraction of sp³-hybridized carbons (Fsp3) is 0.167. The second-order valence-corrected chi connectivity index (χ2v) is 6.38. The van der Waals surface area contributed by atoms with Crippen molar-refractivity contribution >= 4 is 29.1 Å². The molecule has 0 unspecified atom stereocenters. The van der Waals surface area contributed by atoms with Gasteiger partial charge in [-0.15, -0.1) is 5.10 Å². The average Bonchev–Trinajstić information content (AvgIpc) is 2.92. The third-order valence-electron chi connectivity index (χ3n) is 3.54. The van der Waals surface area contributed by atoms with E-state index in [0.29, 0.717) is 17.5 Å². The topological polar surface area (TPSA) is 45.0 Å². The Morgan fingerprint density at radius 1 is 1.17 bits per heavy atom. The first-order valence-corrected chi connectivity index (χ1v) is 8.46. The van der Waals surface area contributed by atoms with Crippen LogP contribution in [0.2, 0.25) is 0 Å². The molecule has 0 N–H and O–H groups in total. The van der Waals surface area contributed by atoms with Crippen molar-refractivity contribution in [2.24, 2.45) is 10.2 Å². The Bertz CT molecular complexity index is 785. The SMILES string of the molecule is Cc1ccc(/C=N\N=C2/SCC(=O)N2Cc2ccc(F)cc2)cc1. The summed E-state index contributed by atoms with van der Waals surface area (Å²) in [5.41, 5.74) is 2.98. The zero-order valence-electron chi connectivity index (χ0n) is 13.1. The minimum Gasteiger partial charge on any atom is -0.285 e. The van der Waals surface area contributed by atoms with Crippen molar-refractivity contribution in [1.29, 1.82) is 0 Å². The van der Waals surface area contributed by atoms with Crippen LogP contribution in [0.1, 0.15) is 16.7 Å². The maximum Gasteiger partial charge on any atom is 0.239 e. The van der Waals surface area contributed by atoms with Crippen molar-refractivity contribution in [1.82, 2.24) is 4.90 Å². The number of benzene rings is 2. The van der Waals surface area contributed by atoms with Crippen LogP contribution < -0.4 is 0 Å². The number of carbonyl (C=O) groups is 1. The van der Waals surface area contributed by atoms with Crippen LogP contribution in [0.15, 0.2) is 58.7 Å². The van der Waals surface area contributed by atoms with E-state index >= 15 is 0 Å². The van der Waals surface area contributed by atoms with E-state index in [1.807, 2.05) is 31.2 Å². The van der Waals surface area contributed by atoms with Crippen molar-refractivity contribution in [3.05, 3.63) is 71.0 Å². The summed E-state index contributed by atoms with van der Waals surface area (Å²) >= 11 is 1.36. The highest BCUT2D eigenvalue weighted by Gasteiger charge is 2.28. The highest BCUT2D eigenvalue weighted by Crippen LogP contribution is 2.22. The molecule has 0 atom stereocenters. The molecule has 0 aliphatic carbocycles. The lowest BCUT2D eigenvalue weighted by molar-refractivity contribution is -0.124. The van der Waals surface area contributed by atoms with Gasteiger partial charge in [0.1, 0.15) is 5.82 Å². The van der Waals surface area contributed by atoms with Gasteiger partial charge in [0.05, 0.1) is 18.5 Å². The van der Waals surface area contributed by atoms with Crippen molar-refractivity contribution in [2.45, 2.75) is 13.5 Å². The Hall–Kier alpha value is -2.47. The first kappa shape index (κ1) is 16.4. The van der Waals surface area contributed by atoms with Crippen LogP contribution in [0, 0.1) is 12.7 Å². The molecule has 0 spiro atoms. The molecule has 0 bridgehead atoms. The number of hydrogen-bond acceptors (Lipinski definition) is 4. The summed E-state index contributed by atoms with van der Waals surface area (Å²) in [6.07, 6.45) is 1.66. The van der Waals surface area contributed by atoms with E-state index in [1.54, 1.807) is 23.2 Å². The number of rotatable bonds is 4. The molecule has 6 heteroatoms. The molecule has 122 valence electrons. The van der Waals surface area contributed by atoms with Crippen LogP contribution in [-0.2, 0) is 11.3 Å². The summed E-state index contributed by atoms with van der Waals surface area (Å²) in [6, 6.07) is 14.0. The van der Waals surface area contributed by atoms with Gasteiger partial charge >= 0.3 is 0 Å². The predicted molar refractivity (Wildman–Crippen MR) is 95.6 cm³/mol. The van der Waals surface area contributed by atoms with Gasteiger partial charge in [-0.3, -0.25) is 9.69 Å². The van der Waals surface area contributed by atoms with Gasteiger partial charge in [0.2, 0.25) is 5.91 Å². The fourth-order valence-corrected chi connectivity index (χ4v) is 3.03. The van der Waals surface area contributed by atoms with E-state index in [2.05, 4.69) is 10.2 Å². The highest BCUT2D eigenvalue weighted by molar-refractivity contribution is 8.15. The molecule has 1 amide bonds. The third kappa shape index (κ3) is 4.08. The van der Waals surface area contributed by atoms with Gasteiger partial charge < -0.3 is 0 Å². The summed E-state index contributed by atoms with van der Waals surface area (Å²) in [6.45, 7) is 2.39. The maximum absolute atomic E-state index is 13.0. The van der Waals surface area contributed by atoms with Crippen LogP contribution in [0.25, 0.3) is 0 Å². The monoisotopic (exact) mass is 341 g/mol. The number of amides is 1. The lowest BCUT2D eigenvalue weighted by Crippen LogP contribution is -2.28. The summed E-state index contributed by atoms with van der Waals surface area (Å²) in [5.74, 6) is 0.0335. The van der Waals surface area contributed by atoms with Gasteiger partial charge in [-0.25, -0.2) is 4.39 Å². The number of amidine groups is 1. The van der Waals surface area contributed by atoms with E-state index < -0.39 is 0 Å². The quantitative estimate of drug-likeness (QED) is 0.630. The Balaban J connectivity index is 1.72. The molecule has 1 aliphatic heterocycles. The van der Waals surface area contributed by atoms with Crippen molar-refractivity contribution in [2.75, 3.05) is 5.75 Å². The van der Waals surface area contributed by atoms with E-state index in [1.165, 1.54) is 29.5 Å². The van der Waals surface area contributed by atoms with Crippen LogP contribution >= 0.6 is 11.8 Å². The first-order valence-electron chi connectivity index (χ1n) is 7.47. The molecule has 0 radical (unpaired) electrons. The number of nitrogens with zero attached hydrogens (tertiary/aromatic N) is 3. The van der Waals surface area contributed by atoms with Crippen LogP contribution in [0.3, 0.4) is 0 Å². The summed E-state index contributed by atoms with van der Waals surface area (Å²) in [4.78, 5) is 13.6. The molecular weight excluding hydrogens is 325 g/mol. The normalized spacial score (nSPS) is 16.5. The molecule has 0 aromatic heterocycles. The molecular formula is C18H16FN3OS. The molecule has 4 nitrogen and oxygen atoms in total. The molecule has 2 aromatic rings. The van der Waals surface area contributed by atoms with Gasteiger partial charge in [0, 0.05) is 0 Å². The Kier molecular flexibility index (Phi) is 5.05. The van der Waals surface area contributed by atoms with Crippen LogP contribution in [0.4, 0.5) is 4.39 Å². The predicted octanol–water partition coefficient (Wildman–Crippen LogP) is 3.60. The maximum atomic E-state index is 13.0. The number of halogens is 1. The third-order valence-corrected chi connectivity index (χ3v) is 4.49. The molecule has 1 fully saturated rings. The molecule has 1 aliphatic rings. The standard InChI is InChI=1S/C18H16FN3OS/c1-13-2-4-14(5-3-13)10-20-21-18-22(17(23)12-24-18)11-15-6-8-16(19)9-7-15/h2-10H,11-12H2,1H3/b20-10-,21-18-. The fourth-order valence-electron chi connectivity index (χ4n) is 2.20. The minimum atomic E-state index is -0.294. The van der Waals surface area contributed by atoms with E-state index in [4.69, 9.17) is 0 Å². The Labute approximate surface area is 144 Å². The van der Waals surface area contributed by atoms with Crippen LogP contribution in [0.5, 0.6) is 0 Å². The lowest BCUT2D eigenvalue weighted by atomic mass is 10.2. The zero-order valence-corrected chi connectivity index (χ0v) is 14.0. The summed E-state index contributed by atoms with van der Waals surface area (Å²) in [5, 5.41) is 8.81. The Morgan fingerprint density at radius 3 is 2.58 bits per heavy atom. The molecule has 1 saturated heterocycles. The highest BCUT2D eigenvalue weighted by atomic mass is 32.2. The van der Waals surface area contributed by atoms with Gasteiger partial charge in [-0.05, 0) is 30.2 Å². The van der Waals surface area contributed by atoms with E-state index in [9.17, 15) is 9.18 Å². The van der Waals surface area contributed by atoms with Gasteiger partial charge in [-0.2, -0.15) is 5.10 Å². The van der Waals surface area contributed by atoms with Gasteiger partial charge in [-0.1, -0.05) is 53.7 Å². The lowest BCUT2D eigenvalue weighted by Gasteiger charge is -2.15. The molecule has 3 rings (SSSR count). The summed E-state index contributed by atoms with van der Waals surface area (Å²) < 4.78 is 13.0. The molecule has 2 aromatic carbocycles. The number of carbonyl (C=O) groups excluding carboxylic acids is 1. The largest absolute Gasteiger partial charge is 0.285 e. The van der Waals surface area contributed by atoms with Gasteiger partial charge in [0.25, 0.3) is 0 Å². The van der Waals surface area contributed by atoms with Gasteiger partial charge in [0.15, 0.2) is 5.17 Å². The van der Waals surface area contributed by atoms with Crippen molar-refractivity contribution in [3.63, 3.8) is 0 Å². The zero-order chi connectivity index (χ0) is 16.9. The van der Waals surface area contributed by atoms with E-state index in [0.717, 1.165) is 11.1 Å². The van der Waals surface area contributed by atoms with Crippen molar-refractivity contribution < 1.29 is 9.18 Å². The molecule has 1 heterocycles. The minimum absolute atomic E-state index is 0.0198. The molecule has 24 heavy (non-hydrogen) atoms. The Morgan fingerprint density at radius 2 is 1.88 bits per heavy atom. The molecule has 0 saturated carbocycles. The second kappa shape index (κ2) is 7.40. The number of aryl methyl sites for hydroxylation is 1. The first-order chi connectivity index (χ1) is 11.6. The number of thioether (sulfide) groups is 1. The second-order valence-electron chi connectivity index (χ2n) is 5.43.